The minimum Gasteiger partial charge on any atom is -0.303 e. The third-order valence-electron chi connectivity index (χ3n) is 3.87. The van der Waals surface area contributed by atoms with Gasteiger partial charge in [-0.2, -0.15) is 0 Å². The maximum absolute atomic E-state index is 2.55. The normalized spacial score (nSPS) is 19.0. The van der Waals surface area contributed by atoms with E-state index in [1.807, 2.05) is 11.8 Å². The Labute approximate surface area is 110 Å². The van der Waals surface area contributed by atoms with Crippen LogP contribution in [0.2, 0.25) is 0 Å². The van der Waals surface area contributed by atoms with Crippen LogP contribution in [0.3, 0.4) is 0 Å². The molecular formula is C15H23NS. The van der Waals surface area contributed by atoms with Crippen molar-refractivity contribution >= 4 is 11.8 Å². The molecule has 0 aliphatic carbocycles. The van der Waals surface area contributed by atoms with Gasteiger partial charge in [-0.1, -0.05) is 32.0 Å². The van der Waals surface area contributed by atoms with E-state index in [0.29, 0.717) is 0 Å². The van der Waals surface area contributed by atoms with Crippen molar-refractivity contribution in [2.24, 2.45) is 0 Å². The highest BCUT2D eigenvalue weighted by Gasteiger charge is 2.25. The zero-order chi connectivity index (χ0) is 12.3. The van der Waals surface area contributed by atoms with Crippen molar-refractivity contribution in [1.29, 1.82) is 0 Å². The monoisotopic (exact) mass is 249 g/mol. The van der Waals surface area contributed by atoms with Crippen molar-refractivity contribution in [2.45, 2.75) is 43.5 Å². The van der Waals surface area contributed by atoms with Gasteiger partial charge in [0.1, 0.15) is 0 Å². The molecule has 0 N–H and O–H groups in total. The van der Waals surface area contributed by atoms with Gasteiger partial charge in [0.05, 0.1) is 0 Å². The summed E-state index contributed by atoms with van der Waals surface area (Å²) in [5.41, 5.74) is 1.57. The first-order valence-electron chi connectivity index (χ1n) is 6.68. The summed E-state index contributed by atoms with van der Waals surface area (Å²) in [4.78, 5) is 4.04. The third-order valence-corrected chi connectivity index (χ3v) is 5.12. The van der Waals surface area contributed by atoms with Crippen molar-refractivity contribution in [1.82, 2.24) is 4.90 Å². The molecular weight excluding hydrogens is 226 g/mol. The molecule has 2 heteroatoms. The van der Waals surface area contributed by atoms with E-state index in [4.69, 9.17) is 0 Å². The van der Waals surface area contributed by atoms with Gasteiger partial charge in [0.15, 0.2) is 0 Å². The topological polar surface area (TPSA) is 3.24 Å². The molecule has 0 saturated carbocycles. The molecule has 1 heterocycles. The zero-order valence-corrected chi connectivity index (χ0v) is 12.0. The Kier molecular flexibility index (Phi) is 4.52. The van der Waals surface area contributed by atoms with Gasteiger partial charge in [-0.25, -0.2) is 0 Å². The van der Waals surface area contributed by atoms with Gasteiger partial charge in [0.2, 0.25) is 0 Å². The van der Waals surface area contributed by atoms with Crippen LogP contribution < -0.4 is 0 Å². The standard InChI is InChI=1S/C15H23NS/c1-4-13(5-2)16(3)10-12-11-17-15-9-7-6-8-14(12)15/h6-9,12-13H,4-5,10-11H2,1-3H3. The highest BCUT2D eigenvalue weighted by Crippen LogP contribution is 2.39. The average Bonchev–Trinajstić information content (AvgIpc) is 2.74. The Bertz CT molecular complexity index is 360. The number of rotatable bonds is 5. The van der Waals surface area contributed by atoms with Gasteiger partial charge >= 0.3 is 0 Å². The summed E-state index contributed by atoms with van der Waals surface area (Å²) < 4.78 is 0. The molecule has 1 aliphatic rings. The Morgan fingerprint density at radius 3 is 2.71 bits per heavy atom. The van der Waals surface area contributed by atoms with Crippen LogP contribution in [0.1, 0.15) is 38.2 Å². The number of benzene rings is 1. The Morgan fingerprint density at radius 2 is 2.00 bits per heavy atom. The van der Waals surface area contributed by atoms with Crippen LogP contribution >= 0.6 is 11.8 Å². The second-order valence-electron chi connectivity index (χ2n) is 4.96. The van der Waals surface area contributed by atoms with Crippen LogP contribution in [0.15, 0.2) is 29.2 Å². The fourth-order valence-electron chi connectivity index (χ4n) is 2.79. The third kappa shape index (κ3) is 2.86. The molecule has 1 aromatic rings. The predicted molar refractivity (Wildman–Crippen MR) is 76.9 cm³/mol. The lowest BCUT2D eigenvalue weighted by molar-refractivity contribution is 0.221. The van der Waals surface area contributed by atoms with Crippen LogP contribution in [0.5, 0.6) is 0 Å². The molecule has 0 fully saturated rings. The van der Waals surface area contributed by atoms with E-state index in [1.165, 1.54) is 30.0 Å². The van der Waals surface area contributed by atoms with Gasteiger partial charge in [-0.05, 0) is 31.5 Å². The molecule has 1 unspecified atom stereocenters. The van der Waals surface area contributed by atoms with E-state index in [1.54, 1.807) is 5.56 Å². The Hall–Kier alpha value is -0.470. The van der Waals surface area contributed by atoms with E-state index in [9.17, 15) is 0 Å². The maximum atomic E-state index is 2.55. The van der Waals surface area contributed by atoms with Crippen molar-refractivity contribution in [3.05, 3.63) is 29.8 Å². The lowest BCUT2D eigenvalue weighted by Gasteiger charge is -2.28. The highest BCUT2D eigenvalue weighted by molar-refractivity contribution is 7.99. The molecule has 0 bridgehead atoms. The molecule has 94 valence electrons. The van der Waals surface area contributed by atoms with E-state index < -0.39 is 0 Å². The number of likely N-dealkylation sites (N-methyl/N-ethyl adjacent to an activating group) is 1. The summed E-state index contributed by atoms with van der Waals surface area (Å²) in [5.74, 6) is 1.98. The molecule has 1 aliphatic heterocycles. The summed E-state index contributed by atoms with van der Waals surface area (Å²) in [6.45, 7) is 5.79. The molecule has 17 heavy (non-hydrogen) atoms. The first-order valence-corrected chi connectivity index (χ1v) is 7.66. The Morgan fingerprint density at radius 1 is 1.29 bits per heavy atom. The first kappa shape index (κ1) is 13.0. The van der Waals surface area contributed by atoms with Crippen molar-refractivity contribution < 1.29 is 0 Å². The summed E-state index contributed by atoms with van der Waals surface area (Å²) in [5, 5.41) is 0. The van der Waals surface area contributed by atoms with Crippen molar-refractivity contribution in [3.63, 3.8) is 0 Å². The summed E-state index contributed by atoms with van der Waals surface area (Å²) >= 11 is 2.02. The van der Waals surface area contributed by atoms with E-state index in [-0.39, 0.29) is 0 Å². The molecule has 0 radical (unpaired) electrons. The van der Waals surface area contributed by atoms with Gasteiger partial charge in [-0.3, -0.25) is 0 Å². The molecule has 0 amide bonds. The molecule has 1 atom stereocenters. The quantitative estimate of drug-likeness (QED) is 0.776. The second kappa shape index (κ2) is 5.92. The van der Waals surface area contributed by atoms with Gasteiger partial charge in [0, 0.05) is 29.2 Å². The van der Waals surface area contributed by atoms with Gasteiger partial charge in [-0.15, -0.1) is 11.8 Å². The largest absolute Gasteiger partial charge is 0.303 e. The average molecular weight is 249 g/mol. The van der Waals surface area contributed by atoms with Crippen LogP contribution in [0.4, 0.5) is 0 Å². The molecule has 1 aromatic carbocycles. The second-order valence-corrected chi connectivity index (χ2v) is 6.02. The number of thioether (sulfide) groups is 1. The fourth-order valence-corrected chi connectivity index (χ4v) is 4.03. The summed E-state index contributed by atoms with van der Waals surface area (Å²) in [7, 11) is 2.28. The van der Waals surface area contributed by atoms with E-state index in [0.717, 1.165) is 12.0 Å². The molecule has 2 rings (SSSR count). The van der Waals surface area contributed by atoms with Crippen molar-refractivity contribution in [2.75, 3.05) is 19.3 Å². The van der Waals surface area contributed by atoms with Crippen LogP contribution in [-0.2, 0) is 0 Å². The van der Waals surface area contributed by atoms with E-state index in [2.05, 4.69) is 50.1 Å². The maximum Gasteiger partial charge on any atom is 0.0108 e. The first-order chi connectivity index (χ1) is 8.26. The van der Waals surface area contributed by atoms with Crippen molar-refractivity contribution in [3.8, 4) is 0 Å². The SMILES string of the molecule is CCC(CC)N(C)CC1CSc2ccccc21. The number of fused-ring (bicyclic) bond motifs is 1. The molecule has 0 saturated heterocycles. The van der Waals surface area contributed by atoms with Gasteiger partial charge < -0.3 is 4.90 Å². The lowest BCUT2D eigenvalue weighted by Crippen LogP contribution is -2.34. The molecule has 0 spiro atoms. The summed E-state index contributed by atoms with van der Waals surface area (Å²) in [6, 6.07) is 9.64. The lowest BCUT2D eigenvalue weighted by atomic mass is 9.99. The van der Waals surface area contributed by atoms with Gasteiger partial charge in [0.25, 0.3) is 0 Å². The minimum atomic E-state index is 0.724. The number of hydrogen-bond acceptors (Lipinski definition) is 2. The minimum absolute atomic E-state index is 0.724. The highest BCUT2D eigenvalue weighted by atomic mass is 32.2. The van der Waals surface area contributed by atoms with Crippen LogP contribution in [-0.4, -0.2) is 30.3 Å². The fraction of sp³-hybridized carbons (Fsp3) is 0.600. The molecule has 1 nitrogen and oxygen atoms in total. The molecule has 0 aromatic heterocycles. The Balaban J connectivity index is 2.02. The van der Waals surface area contributed by atoms with Crippen LogP contribution in [0.25, 0.3) is 0 Å². The van der Waals surface area contributed by atoms with Crippen LogP contribution in [0, 0.1) is 0 Å². The number of hydrogen-bond donors (Lipinski definition) is 0. The number of nitrogens with zero attached hydrogens (tertiary/aromatic N) is 1. The summed E-state index contributed by atoms with van der Waals surface area (Å²) in [6.07, 6.45) is 2.52. The van der Waals surface area contributed by atoms with E-state index >= 15 is 0 Å². The smallest absolute Gasteiger partial charge is 0.0108 e. The zero-order valence-electron chi connectivity index (χ0n) is 11.1. The predicted octanol–water partition coefficient (Wildman–Crippen LogP) is 4.00.